The van der Waals surface area contributed by atoms with E-state index >= 15 is 0 Å². The predicted octanol–water partition coefficient (Wildman–Crippen LogP) is 3.22. The highest BCUT2D eigenvalue weighted by molar-refractivity contribution is 6.00. The molecule has 27 heavy (non-hydrogen) atoms. The number of carbonyl (C=O) groups is 2. The van der Waals surface area contributed by atoms with Gasteiger partial charge in [0.1, 0.15) is 0 Å². The van der Waals surface area contributed by atoms with Crippen LogP contribution in [0, 0.1) is 0 Å². The number of methoxy groups -OCH3 is 1. The molecule has 0 unspecified atom stereocenters. The quantitative estimate of drug-likeness (QED) is 0.817. The molecule has 6 heteroatoms. The molecular formula is C21H23NO5. The Morgan fingerprint density at radius 1 is 1.15 bits per heavy atom. The zero-order valence-electron chi connectivity index (χ0n) is 15.2. The van der Waals surface area contributed by atoms with Crippen molar-refractivity contribution < 1.29 is 24.2 Å². The molecule has 3 rings (SSSR count). The Labute approximate surface area is 158 Å². The highest BCUT2D eigenvalue weighted by Gasteiger charge is 2.41. The predicted molar refractivity (Wildman–Crippen MR) is 101 cm³/mol. The van der Waals surface area contributed by atoms with E-state index in [1.165, 1.54) is 13.2 Å². The molecule has 0 aromatic heterocycles. The van der Waals surface area contributed by atoms with Gasteiger partial charge in [-0.3, -0.25) is 4.79 Å². The van der Waals surface area contributed by atoms with Crippen molar-refractivity contribution in [2.45, 2.75) is 24.9 Å². The third-order valence-corrected chi connectivity index (χ3v) is 4.92. The van der Waals surface area contributed by atoms with Crippen molar-refractivity contribution in [3.8, 4) is 0 Å². The van der Waals surface area contributed by atoms with Crippen LogP contribution in [0.2, 0.25) is 0 Å². The van der Waals surface area contributed by atoms with E-state index in [-0.39, 0.29) is 18.1 Å². The molecule has 0 aliphatic carbocycles. The molecule has 1 saturated heterocycles. The van der Waals surface area contributed by atoms with Crippen LogP contribution >= 0.6 is 0 Å². The molecule has 1 heterocycles. The van der Waals surface area contributed by atoms with Crippen LogP contribution in [-0.4, -0.2) is 37.3 Å². The molecule has 0 saturated carbocycles. The average Bonchev–Trinajstić information content (AvgIpc) is 2.69. The maximum atomic E-state index is 13.3. The summed E-state index contributed by atoms with van der Waals surface area (Å²) in [5.41, 5.74) is 1.50. The maximum Gasteiger partial charge on any atom is 0.335 e. The van der Waals surface area contributed by atoms with Gasteiger partial charge in [0, 0.05) is 26.0 Å². The number of carboxylic acid groups (broad SMARTS) is 1. The third-order valence-electron chi connectivity index (χ3n) is 4.92. The fourth-order valence-corrected chi connectivity index (χ4v) is 3.51. The second-order valence-electron chi connectivity index (χ2n) is 6.67. The number of nitrogens with one attached hydrogen (secondary N) is 1. The van der Waals surface area contributed by atoms with Crippen LogP contribution in [0.3, 0.4) is 0 Å². The van der Waals surface area contributed by atoms with Gasteiger partial charge in [-0.2, -0.15) is 0 Å². The molecule has 1 aliphatic heterocycles. The molecule has 0 bridgehead atoms. The van der Waals surface area contributed by atoms with Crippen molar-refractivity contribution in [3.05, 3.63) is 65.2 Å². The molecular weight excluding hydrogens is 346 g/mol. The van der Waals surface area contributed by atoms with E-state index in [2.05, 4.69) is 5.32 Å². The second-order valence-corrected chi connectivity index (χ2v) is 6.67. The largest absolute Gasteiger partial charge is 0.478 e. The van der Waals surface area contributed by atoms with Gasteiger partial charge in [0.25, 0.3) is 0 Å². The number of anilines is 1. The number of hydrogen-bond acceptors (Lipinski definition) is 4. The molecule has 2 N–H and O–H groups in total. The summed E-state index contributed by atoms with van der Waals surface area (Å²) in [6, 6.07) is 14.4. The van der Waals surface area contributed by atoms with Crippen LogP contribution in [0.4, 0.5) is 5.69 Å². The van der Waals surface area contributed by atoms with Gasteiger partial charge in [-0.1, -0.05) is 30.3 Å². The van der Waals surface area contributed by atoms with E-state index in [1.54, 1.807) is 12.1 Å². The Kier molecular flexibility index (Phi) is 5.88. The minimum Gasteiger partial charge on any atom is -0.478 e. The van der Waals surface area contributed by atoms with E-state index in [0.29, 0.717) is 37.3 Å². The molecule has 0 radical (unpaired) electrons. The number of amides is 1. The maximum absolute atomic E-state index is 13.3. The standard InChI is InChI=1S/C21H23NO5/c1-26-14-15-11-16(19(23)24)13-18(12-15)22-20(25)21(7-9-27-10-8-21)17-5-3-2-4-6-17/h2-6,11-13H,7-10,14H2,1H3,(H,22,25)(H,23,24). The summed E-state index contributed by atoms with van der Waals surface area (Å²) in [4.78, 5) is 24.7. The highest BCUT2D eigenvalue weighted by Crippen LogP contribution is 2.36. The van der Waals surface area contributed by atoms with Crippen LogP contribution in [-0.2, 0) is 26.3 Å². The zero-order valence-corrected chi connectivity index (χ0v) is 15.2. The SMILES string of the molecule is COCc1cc(NC(=O)C2(c3ccccc3)CCOCC2)cc(C(=O)O)c1. The number of hydrogen-bond donors (Lipinski definition) is 2. The lowest BCUT2D eigenvalue weighted by Gasteiger charge is -2.36. The Morgan fingerprint density at radius 2 is 1.85 bits per heavy atom. The van der Waals surface area contributed by atoms with Crippen LogP contribution in [0.15, 0.2) is 48.5 Å². The van der Waals surface area contributed by atoms with Gasteiger partial charge in [0.05, 0.1) is 17.6 Å². The lowest BCUT2D eigenvalue weighted by Crippen LogP contribution is -2.44. The summed E-state index contributed by atoms with van der Waals surface area (Å²) in [7, 11) is 1.54. The molecule has 2 aromatic rings. The summed E-state index contributed by atoms with van der Waals surface area (Å²) in [5.74, 6) is -1.20. The summed E-state index contributed by atoms with van der Waals surface area (Å²) >= 11 is 0. The lowest BCUT2D eigenvalue weighted by molar-refractivity contribution is -0.125. The molecule has 6 nitrogen and oxygen atoms in total. The Balaban J connectivity index is 1.93. The molecule has 1 aliphatic rings. The Bertz CT molecular complexity index is 813. The fraction of sp³-hybridized carbons (Fsp3) is 0.333. The first-order chi connectivity index (χ1) is 13.0. The average molecular weight is 369 g/mol. The van der Waals surface area contributed by atoms with Gasteiger partial charge in [-0.15, -0.1) is 0 Å². The van der Waals surface area contributed by atoms with E-state index < -0.39 is 11.4 Å². The van der Waals surface area contributed by atoms with Crippen LogP contribution in [0.25, 0.3) is 0 Å². The first-order valence-corrected chi connectivity index (χ1v) is 8.86. The van der Waals surface area contributed by atoms with Crippen molar-refractivity contribution in [3.63, 3.8) is 0 Å². The van der Waals surface area contributed by atoms with Gasteiger partial charge in [-0.05, 0) is 42.2 Å². The van der Waals surface area contributed by atoms with E-state index in [4.69, 9.17) is 9.47 Å². The normalized spacial score (nSPS) is 15.9. The van der Waals surface area contributed by atoms with E-state index in [1.807, 2.05) is 30.3 Å². The second kappa shape index (κ2) is 8.33. The first-order valence-electron chi connectivity index (χ1n) is 8.86. The van der Waals surface area contributed by atoms with Crippen LogP contribution < -0.4 is 5.32 Å². The minimum atomic E-state index is -1.05. The summed E-state index contributed by atoms with van der Waals surface area (Å²) < 4.78 is 10.6. The van der Waals surface area contributed by atoms with Crippen molar-refractivity contribution in [2.24, 2.45) is 0 Å². The number of ether oxygens (including phenoxy) is 2. The minimum absolute atomic E-state index is 0.112. The number of aromatic carboxylic acids is 1. The van der Waals surface area contributed by atoms with Gasteiger partial charge >= 0.3 is 5.97 Å². The monoisotopic (exact) mass is 369 g/mol. The van der Waals surface area contributed by atoms with Crippen molar-refractivity contribution in [1.82, 2.24) is 0 Å². The first kappa shape index (κ1) is 19.1. The molecule has 0 atom stereocenters. The van der Waals surface area contributed by atoms with Gasteiger partial charge in [-0.25, -0.2) is 4.79 Å². The van der Waals surface area contributed by atoms with E-state index in [0.717, 1.165) is 5.56 Å². The summed E-state index contributed by atoms with van der Waals surface area (Å²) in [6.45, 7) is 1.28. The number of benzene rings is 2. The zero-order chi connectivity index (χ0) is 19.3. The highest BCUT2D eigenvalue weighted by atomic mass is 16.5. The summed E-state index contributed by atoms with van der Waals surface area (Å²) in [6.07, 6.45) is 1.15. The number of carboxylic acids is 1. The van der Waals surface area contributed by atoms with Crippen molar-refractivity contribution in [1.29, 1.82) is 0 Å². The molecule has 1 fully saturated rings. The van der Waals surface area contributed by atoms with Gasteiger partial charge in [0.2, 0.25) is 5.91 Å². The molecule has 2 aromatic carbocycles. The molecule has 142 valence electrons. The lowest BCUT2D eigenvalue weighted by atomic mass is 9.73. The van der Waals surface area contributed by atoms with E-state index in [9.17, 15) is 14.7 Å². The van der Waals surface area contributed by atoms with Crippen LogP contribution in [0.5, 0.6) is 0 Å². The Hall–Kier alpha value is -2.70. The fourth-order valence-electron chi connectivity index (χ4n) is 3.51. The third kappa shape index (κ3) is 4.18. The number of rotatable bonds is 6. The number of carbonyl (C=O) groups excluding carboxylic acids is 1. The smallest absolute Gasteiger partial charge is 0.335 e. The molecule has 0 spiro atoms. The summed E-state index contributed by atoms with van der Waals surface area (Å²) in [5, 5.41) is 12.3. The van der Waals surface area contributed by atoms with Crippen molar-refractivity contribution >= 4 is 17.6 Å². The molecule has 1 amide bonds. The van der Waals surface area contributed by atoms with Crippen molar-refractivity contribution in [2.75, 3.05) is 25.6 Å². The Morgan fingerprint density at radius 3 is 2.48 bits per heavy atom. The topological polar surface area (TPSA) is 84.9 Å². The van der Waals surface area contributed by atoms with Gasteiger partial charge in [0.15, 0.2) is 0 Å². The van der Waals surface area contributed by atoms with Gasteiger partial charge < -0.3 is 19.9 Å². The van der Waals surface area contributed by atoms with Crippen LogP contribution in [0.1, 0.15) is 34.3 Å².